The summed E-state index contributed by atoms with van der Waals surface area (Å²) in [5, 5.41) is 16.4. The molecule has 0 aliphatic carbocycles. The second-order valence-corrected chi connectivity index (χ2v) is 3.47. The fourth-order valence-electron chi connectivity index (χ4n) is 0.933. The maximum atomic E-state index is 11.2. The summed E-state index contributed by atoms with van der Waals surface area (Å²) >= 11 is 0. The standard InChI is InChI=1S/C8H18N4O2/c1-5(2)10-8(13)11-6(3)4-7(9)12-14/h5-6,14H,4H2,1-3H3,(H2,9,12)(H2,10,11,13). The number of nitrogens with one attached hydrogen (secondary N) is 2. The van der Waals surface area contributed by atoms with Crippen molar-refractivity contribution in [3.8, 4) is 0 Å². The van der Waals surface area contributed by atoms with Crippen molar-refractivity contribution in [1.82, 2.24) is 10.6 Å². The van der Waals surface area contributed by atoms with Gasteiger partial charge in [0.25, 0.3) is 0 Å². The van der Waals surface area contributed by atoms with Gasteiger partial charge in [0.15, 0.2) is 0 Å². The average molecular weight is 202 g/mol. The molecule has 0 saturated heterocycles. The van der Waals surface area contributed by atoms with Crippen LogP contribution in [0.15, 0.2) is 5.16 Å². The molecule has 1 atom stereocenters. The Labute approximate surface area is 83.5 Å². The summed E-state index contributed by atoms with van der Waals surface area (Å²) in [6.07, 6.45) is 0.321. The van der Waals surface area contributed by atoms with Crippen molar-refractivity contribution < 1.29 is 10.0 Å². The summed E-state index contributed by atoms with van der Waals surface area (Å²) in [6.45, 7) is 5.51. The molecule has 0 heterocycles. The Hall–Kier alpha value is -1.46. The molecule has 2 amide bonds. The van der Waals surface area contributed by atoms with Crippen LogP contribution >= 0.6 is 0 Å². The van der Waals surface area contributed by atoms with E-state index < -0.39 is 0 Å². The highest BCUT2D eigenvalue weighted by atomic mass is 16.4. The van der Waals surface area contributed by atoms with Crippen LogP contribution in [0.4, 0.5) is 4.79 Å². The molecule has 0 aromatic carbocycles. The van der Waals surface area contributed by atoms with Gasteiger partial charge in [0, 0.05) is 18.5 Å². The molecule has 0 rings (SSSR count). The van der Waals surface area contributed by atoms with E-state index in [1.165, 1.54) is 0 Å². The minimum absolute atomic E-state index is 0.0889. The van der Waals surface area contributed by atoms with Crippen molar-refractivity contribution in [1.29, 1.82) is 0 Å². The van der Waals surface area contributed by atoms with E-state index >= 15 is 0 Å². The van der Waals surface area contributed by atoms with E-state index in [1.54, 1.807) is 6.92 Å². The Kier molecular flexibility index (Phi) is 5.43. The van der Waals surface area contributed by atoms with Crippen LogP contribution in [-0.2, 0) is 0 Å². The Morgan fingerprint density at radius 3 is 2.43 bits per heavy atom. The van der Waals surface area contributed by atoms with Gasteiger partial charge in [-0.1, -0.05) is 5.16 Å². The van der Waals surface area contributed by atoms with Gasteiger partial charge < -0.3 is 21.6 Å². The molecule has 0 aliphatic rings. The molecule has 6 heteroatoms. The normalized spacial score (nSPS) is 13.9. The Morgan fingerprint density at radius 1 is 1.43 bits per heavy atom. The molecule has 1 unspecified atom stereocenters. The zero-order valence-electron chi connectivity index (χ0n) is 8.74. The van der Waals surface area contributed by atoms with E-state index in [0.717, 1.165) is 0 Å². The summed E-state index contributed by atoms with van der Waals surface area (Å²) in [4.78, 5) is 11.2. The summed E-state index contributed by atoms with van der Waals surface area (Å²) < 4.78 is 0. The first-order valence-electron chi connectivity index (χ1n) is 4.49. The lowest BCUT2D eigenvalue weighted by atomic mass is 10.2. The highest BCUT2D eigenvalue weighted by Crippen LogP contribution is 1.90. The molecule has 5 N–H and O–H groups in total. The second-order valence-electron chi connectivity index (χ2n) is 3.47. The molecule has 14 heavy (non-hydrogen) atoms. The van der Waals surface area contributed by atoms with Crippen LogP contribution in [-0.4, -0.2) is 29.2 Å². The van der Waals surface area contributed by atoms with Gasteiger partial charge in [-0.3, -0.25) is 0 Å². The summed E-state index contributed by atoms with van der Waals surface area (Å²) in [7, 11) is 0. The fraction of sp³-hybridized carbons (Fsp3) is 0.750. The molecule has 0 aromatic heterocycles. The quantitative estimate of drug-likeness (QED) is 0.227. The van der Waals surface area contributed by atoms with Crippen molar-refractivity contribution in [2.24, 2.45) is 10.9 Å². The van der Waals surface area contributed by atoms with E-state index in [1.807, 2.05) is 13.8 Å². The predicted molar refractivity (Wildman–Crippen MR) is 54.3 cm³/mol. The molecule has 0 saturated carbocycles. The molecule has 82 valence electrons. The lowest BCUT2D eigenvalue weighted by molar-refractivity contribution is 0.235. The second kappa shape index (κ2) is 6.06. The monoisotopic (exact) mass is 202 g/mol. The minimum atomic E-state index is -0.252. The van der Waals surface area contributed by atoms with E-state index in [4.69, 9.17) is 10.9 Å². The third-order valence-corrected chi connectivity index (χ3v) is 1.44. The lowest BCUT2D eigenvalue weighted by Crippen LogP contribution is -2.44. The van der Waals surface area contributed by atoms with Crippen molar-refractivity contribution in [3.63, 3.8) is 0 Å². The molecular formula is C8H18N4O2. The molecule has 0 aromatic rings. The number of carbonyl (C=O) groups is 1. The first-order valence-corrected chi connectivity index (χ1v) is 4.49. The summed E-state index contributed by atoms with van der Waals surface area (Å²) in [5.41, 5.74) is 5.28. The molecule has 6 nitrogen and oxygen atoms in total. The van der Waals surface area contributed by atoms with Gasteiger partial charge in [0.1, 0.15) is 5.84 Å². The number of urea groups is 1. The zero-order chi connectivity index (χ0) is 11.1. The molecule has 0 fully saturated rings. The van der Waals surface area contributed by atoms with Crippen LogP contribution in [0.1, 0.15) is 27.2 Å². The third-order valence-electron chi connectivity index (χ3n) is 1.44. The van der Waals surface area contributed by atoms with E-state index in [9.17, 15) is 4.79 Å². The van der Waals surface area contributed by atoms with E-state index in [-0.39, 0.29) is 24.0 Å². The maximum Gasteiger partial charge on any atom is 0.315 e. The first-order chi connectivity index (χ1) is 6.45. The first kappa shape index (κ1) is 12.5. The number of hydrogen-bond acceptors (Lipinski definition) is 3. The number of nitrogens with zero attached hydrogens (tertiary/aromatic N) is 1. The average Bonchev–Trinajstić information content (AvgIpc) is 2.01. The Morgan fingerprint density at radius 2 is 2.00 bits per heavy atom. The van der Waals surface area contributed by atoms with Gasteiger partial charge in [-0.15, -0.1) is 0 Å². The zero-order valence-corrected chi connectivity index (χ0v) is 8.74. The number of oxime groups is 1. The lowest BCUT2D eigenvalue weighted by Gasteiger charge is -2.15. The number of rotatable bonds is 4. The number of amides is 2. The minimum Gasteiger partial charge on any atom is -0.409 e. The van der Waals surface area contributed by atoms with Crippen LogP contribution in [0.2, 0.25) is 0 Å². The number of amidine groups is 1. The van der Waals surface area contributed by atoms with Crippen molar-refractivity contribution >= 4 is 11.9 Å². The summed E-state index contributed by atoms with van der Waals surface area (Å²) in [5.74, 6) is 0.0994. The maximum absolute atomic E-state index is 11.2. The Balaban J connectivity index is 3.82. The van der Waals surface area contributed by atoms with E-state index in [2.05, 4.69) is 15.8 Å². The third kappa shape index (κ3) is 6.10. The highest BCUT2D eigenvalue weighted by molar-refractivity contribution is 5.81. The smallest absolute Gasteiger partial charge is 0.315 e. The van der Waals surface area contributed by atoms with Gasteiger partial charge in [-0.05, 0) is 20.8 Å². The van der Waals surface area contributed by atoms with Gasteiger partial charge in [0.05, 0.1) is 0 Å². The SMILES string of the molecule is CC(C)NC(=O)NC(C)CC(N)=NO. The van der Waals surface area contributed by atoms with Gasteiger partial charge in [0.2, 0.25) is 0 Å². The van der Waals surface area contributed by atoms with Crippen LogP contribution in [0.25, 0.3) is 0 Å². The van der Waals surface area contributed by atoms with Crippen LogP contribution in [0.3, 0.4) is 0 Å². The molecule has 0 bridgehead atoms. The topological polar surface area (TPSA) is 99.7 Å². The Bertz CT molecular complexity index is 215. The predicted octanol–water partition coefficient (Wildman–Crippen LogP) is 0.219. The largest absolute Gasteiger partial charge is 0.409 e. The van der Waals surface area contributed by atoms with Crippen molar-refractivity contribution in [2.45, 2.75) is 39.3 Å². The van der Waals surface area contributed by atoms with Crippen LogP contribution in [0, 0.1) is 0 Å². The number of hydrogen-bond donors (Lipinski definition) is 4. The molecular weight excluding hydrogens is 184 g/mol. The van der Waals surface area contributed by atoms with Crippen molar-refractivity contribution in [3.05, 3.63) is 0 Å². The fourth-order valence-corrected chi connectivity index (χ4v) is 0.933. The van der Waals surface area contributed by atoms with Crippen LogP contribution < -0.4 is 16.4 Å². The molecule has 0 aliphatic heterocycles. The number of nitrogens with two attached hydrogens (primary N) is 1. The molecule has 0 radical (unpaired) electrons. The number of carbonyl (C=O) groups excluding carboxylic acids is 1. The van der Waals surface area contributed by atoms with Gasteiger partial charge >= 0.3 is 6.03 Å². The molecule has 0 spiro atoms. The van der Waals surface area contributed by atoms with Crippen LogP contribution in [0.5, 0.6) is 0 Å². The van der Waals surface area contributed by atoms with Gasteiger partial charge in [-0.25, -0.2) is 4.79 Å². The van der Waals surface area contributed by atoms with Gasteiger partial charge in [-0.2, -0.15) is 0 Å². The van der Waals surface area contributed by atoms with E-state index in [0.29, 0.717) is 6.42 Å². The van der Waals surface area contributed by atoms with Crippen molar-refractivity contribution in [2.75, 3.05) is 0 Å². The summed E-state index contributed by atoms with van der Waals surface area (Å²) in [6, 6.07) is -0.325. The highest BCUT2D eigenvalue weighted by Gasteiger charge is 2.09.